The SMILES string of the molecule is CC.Cc1sc(C)c2c1CCC2.Cc1sc(C)c2c1CN(C)C2. The molecule has 2 aromatic rings. The number of nitrogens with zero attached hydrogens (tertiary/aromatic N) is 1. The largest absolute Gasteiger partial charge is 0.298 e. The van der Waals surface area contributed by atoms with E-state index in [0.29, 0.717) is 0 Å². The van der Waals surface area contributed by atoms with Crippen LogP contribution >= 0.6 is 22.7 Å². The molecular weight excluding hydrogens is 318 g/mol. The Kier molecular flexibility index (Phi) is 6.47. The maximum atomic E-state index is 2.37. The molecule has 4 rings (SSSR count). The van der Waals surface area contributed by atoms with E-state index in [9.17, 15) is 0 Å². The highest BCUT2D eigenvalue weighted by Gasteiger charge is 2.21. The van der Waals surface area contributed by atoms with Gasteiger partial charge in [-0.05, 0) is 76.3 Å². The van der Waals surface area contributed by atoms with E-state index in [0.717, 1.165) is 13.1 Å². The number of aryl methyl sites for hydroxylation is 4. The highest BCUT2D eigenvalue weighted by Crippen LogP contribution is 2.34. The van der Waals surface area contributed by atoms with Crippen molar-refractivity contribution in [2.24, 2.45) is 0 Å². The lowest BCUT2D eigenvalue weighted by atomic mass is 10.2. The van der Waals surface area contributed by atoms with Crippen LogP contribution in [0.5, 0.6) is 0 Å². The summed E-state index contributed by atoms with van der Waals surface area (Å²) in [6.45, 7) is 15.3. The van der Waals surface area contributed by atoms with Crippen molar-refractivity contribution in [3.8, 4) is 0 Å². The van der Waals surface area contributed by atoms with Gasteiger partial charge in [-0.15, -0.1) is 22.7 Å². The molecule has 1 aliphatic carbocycles. The number of rotatable bonds is 0. The zero-order valence-electron chi connectivity index (χ0n) is 15.8. The van der Waals surface area contributed by atoms with Crippen LogP contribution in [0, 0.1) is 27.7 Å². The number of fused-ring (bicyclic) bond motifs is 2. The minimum Gasteiger partial charge on any atom is -0.298 e. The first-order valence-electron chi connectivity index (χ1n) is 8.81. The van der Waals surface area contributed by atoms with Crippen molar-refractivity contribution in [2.75, 3.05) is 7.05 Å². The normalized spacial score (nSPS) is 15.4. The van der Waals surface area contributed by atoms with Crippen LogP contribution in [-0.4, -0.2) is 11.9 Å². The lowest BCUT2D eigenvalue weighted by molar-refractivity contribution is 0.352. The van der Waals surface area contributed by atoms with Crippen molar-refractivity contribution in [2.45, 2.75) is 73.9 Å². The maximum absolute atomic E-state index is 2.37. The Bertz CT molecular complexity index is 613. The van der Waals surface area contributed by atoms with E-state index in [-0.39, 0.29) is 0 Å². The van der Waals surface area contributed by atoms with E-state index in [1.807, 2.05) is 36.5 Å². The first-order chi connectivity index (χ1) is 11.0. The lowest BCUT2D eigenvalue weighted by Gasteiger charge is -2.05. The molecular formula is C20H31NS2. The fraction of sp³-hybridized carbons (Fsp3) is 0.600. The fourth-order valence-corrected chi connectivity index (χ4v) is 5.90. The molecule has 1 nitrogen and oxygen atoms in total. The van der Waals surface area contributed by atoms with Gasteiger partial charge < -0.3 is 0 Å². The number of hydrogen-bond acceptors (Lipinski definition) is 3. The van der Waals surface area contributed by atoms with Crippen LogP contribution in [0.4, 0.5) is 0 Å². The standard InChI is InChI=1S/C9H13NS.C9H12S.C2H6/c1-6-8-4-10(3)5-9(8)7(2)11-6;1-6-8-4-3-5-9(8)7(2)10-6;1-2/h4-5H2,1-3H3;3-5H2,1-2H3;1-2H3. The molecule has 0 N–H and O–H groups in total. The van der Waals surface area contributed by atoms with Gasteiger partial charge in [0.25, 0.3) is 0 Å². The van der Waals surface area contributed by atoms with Gasteiger partial charge in [-0.3, -0.25) is 4.90 Å². The van der Waals surface area contributed by atoms with Crippen LogP contribution in [0.3, 0.4) is 0 Å². The Hall–Kier alpha value is -0.640. The van der Waals surface area contributed by atoms with Gasteiger partial charge in [0.15, 0.2) is 0 Å². The Morgan fingerprint density at radius 1 is 0.652 bits per heavy atom. The van der Waals surface area contributed by atoms with Gasteiger partial charge in [0.2, 0.25) is 0 Å². The van der Waals surface area contributed by atoms with Gasteiger partial charge in [-0.25, -0.2) is 0 Å². The van der Waals surface area contributed by atoms with Gasteiger partial charge in [0.1, 0.15) is 0 Å². The van der Waals surface area contributed by atoms with Gasteiger partial charge in [-0.1, -0.05) is 13.8 Å². The average molecular weight is 350 g/mol. The van der Waals surface area contributed by atoms with E-state index in [1.165, 1.54) is 29.0 Å². The zero-order chi connectivity index (χ0) is 17.1. The maximum Gasteiger partial charge on any atom is 0.0248 e. The van der Waals surface area contributed by atoms with E-state index in [4.69, 9.17) is 0 Å². The third-order valence-corrected chi connectivity index (χ3v) is 6.96. The summed E-state index contributed by atoms with van der Waals surface area (Å²) in [4.78, 5) is 8.52. The molecule has 0 spiro atoms. The summed E-state index contributed by atoms with van der Waals surface area (Å²) < 4.78 is 0. The number of hydrogen-bond donors (Lipinski definition) is 0. The third-order valence-electron chi connectivity index (χ3n) is 4.75. The van der Waals surface area contributed by atoms with Crippen molar-refractivity contribution >= 4 is 22.7 Å². The third kappa shape index (κ3) is 3.89. The second-order valence-corrected chi connectivity index (χ2v) is 9.23. The summed E-state index contributed by atoms with van der Waals surface area (Å²) in [5, 5.41) is 0. The molecule has 1 aliphatic heterocycles. The Morgan fingerprint density at radius 2 is 1.00 bits per heavy atom. The van der Waals surface area contributed by atoms with Crippen molar-refractivity contribution in [1.82, 2.24) is 4.90 Å². The Morgan fingerprint density at radius 3 is 1.39 bits per heavy atom. The minimum absolute atomic E-state index is 1.16. The molecule has 0 radical (unpaired) electrons. The smallest absolute Gasteiger partial charge is 0.0248 e. The second-order valence-electron chi connectivity index (χ2n) is 6.37. The molecule has 0 bridgehead atoms. The Labute approximate surface area is 150 Å². The van der Waals surface area contributed by atoms with Crippen LogP contribution in [0.1, 0.15) is 62.0 Å². The summed E-state index contributed by atoms with van der Waals surface area (Å²) in [6.07, 6.45) is 4.07. The van der Waals surface area contributed by atoms with Crippen molar-refractivity contribution in [1.29, 1.82) is 0 Å². The summed E-state index contributed by atoms with van der Waals surface area (Å²) in [6, 6.07) is 0. The van der Waals surface area contributed by atoms with Crippen molar-refractivity contribution < 1.29 is 0 Å². The van der Waals surface area contributed by atoms with Gasteiger partial charge in [0.05, 0.1) is 0 Å². The molecule has 0 aromatic carbocycles. The zero-order valence-corrected chi connectivity index (χ0v) is 17.4. The van der Waals surface area contributed by atoms with Crippen LogP contribution in [0.2, 0.25) is 0 Å². The van der Waals surface area contributed by atoms with E-state index >= 15 is 0 Å². The minimum atomic E-state index is 1.16. The molecule has 0 saturated heterocycles. The molecule has 0 amide bonds. The highest BCUT2D eigenvalue weighted by molar-refractivity contribution is 7.12. The Balaban J connectivity index is 0.000000152. The summed E-state index contributed by atoms with van der Waals surface area (Å²) in [5.41, 5.74) is 6.52. The van der Waals surface area contributed by atoms with Crippen LogP contribution in [0.15, 0.2) is 0 Å². The second kappa shape index (κ2) is 7.96. The first-order valence-corrected chi connectivity index (χ1v) is 10.4. The lowest BCUT2D eigenvalue weighted by Crippen LogP contribution is -2.08. The fourth-order valence-electron chi connectivity index (χ4n) is 3.66. The summed E-state index contributed by atoms with van der Waals surface area (Å²) in [5.74, 6) is 0. The van der Waals surface area contributed by atoms with Gasteiger partial charge in [-0.2, -0.15) is 0 Å². The van der Waals surface area contributed by atoms with Crippen LogP contribution in [-0.2, 0) is 25.9 Å². The van der Waals surface area contributed by atoms with Gasteiger partial charge >= 0.3 is 0 Å². The summed E-state index contributed by atoms with van der Waals surface area (Å²) >= 11 is 3.92. The molecule has 128 valence electrons. The molecule has 3 heterocycles. The first kappa shape index (κ1) is 18.7. The molecule has 3 heteroatoms. The topological polar surface area (TPSA) is 3.24 Å². The van der Waals surface area contributed by atoms with E-state index in [1.54, 1.807) is 32.0 Å². The number of thiophene rings is 2. The molecule has 2 aromatic heterocycles. The molecule has 0 unspecified atom stereocenters. The van der Waals surface area contributed by atoms with Crippen LogP contribution < -0.4 is 0 Å². The molecule has 0 atom stereocenters. The van der Waals surface area contributed by atoms with Crippen LogP contribution in [0.25, 0.3) is 0 Å². The van der Waals surface area contributed by atoms with Crippen molar-refractivity contribution in [3.05, 3.63) is 41.8 Å². The van der Waals surface area contributed by atoms with E-state index in [2.05, 4.69) is 39.6 Å². The summed E-state index contributed by atoms with van der Waals surface area (Å²) in [7, 11) is 2.18. The van der Waals surface area contributed by atoms with Gasteiger partial charge in [0, 0.05) is 32.6 Å². The quantitative estimate of drug-likeness (QED) is 0.548. The molecule has 2 aliphatic rings. The van der Waals surface area contributed by atoms with E-state index < -0.39 is 0 Å². The molecule has 0 fully saturated rings. The van der Waals surface area contributed by atoms with Crippen molar-refractivity contribution in [3.63, 3.8) is 0 Å². The molecule has 23 heavy (non-hydrogen) atoms. The average Bonchev–Trinajstić information content (AvgIpc) is 3.24. The predicted molar refractivity (Wildman–Crippen MR) is 106 cm³/mol. The monoisotopic (exact) mass is 349 g/mol. The highest BCUT2D eigenvalue weighted by atomic mass is 32.1. The predicted octanol–water partition coefficient (Wildman–Crippen LogP) is 6.19. The molecule has 0 saturated carbocycles.